The highest BCUT2D eigenvalue weighted by atomic mass is 32.1. The van der Waals surface area contributed by atoms with E-state index >= 15 is 0 Å². The van der Waals surface area contributed by atoms with Gasteiger partial charge in [-0.3, -0.25) is 4.79 Å². The van der Waals surface area contributed by atoms with Crippen molar-refractivity contribution in [3.63, 3.8) is 0 Å². The molecule has 4 nitrogen and oxygen atoms in total. The summed E-state index contributed by atoms with van der Waals surface area (Å²) in [5.41, 5.74) is 4.24. The lowest BCUT2D eigenvalue weighted by molar-refractivity contribution is 0.866. The molecule has 0 fully saturated rings. The van der Waals surface area contributed by atoms with Crippen LogP contribution in [0.15, 0.2) is 53.3 Å². The summed E-state index contributed by atoms with van der Waals surface area (Å²) < 4.78 is 2.28. The molecule has 5 heteroatoms. The summed E-state index contributed by atoms with van der Waals surface area (Å²) in [4.78, 5) is 13.6. The van der Waals surface area contributed by atoms with Gasteiger partial charge in [-0.1, -0.05) is 73.7 Å². The van der Waals surface area contributed by atoms with Crippen molar-refractivity contribution >= 4 is 22.4 Å². The van der Waals surface area contributed by atoms with E-state index < -0.39 is 0 Å². The van der Waals surface area contributed by atoms with E-state index in [1.807, 2.05) is 37.3 Å². The van der Waals surface area contributed by atoms with Crippen molar-refractivity contribution in [1.29, 1.82) is 0 Å². The predicted octanol–water partition coefficient (Wildman–Crippen LogP) is 3.80. The lowest BCUT2D eigenvalue weighted by Gasteiger charge is -2.04. The first-order valence-corrected chi connectivity index (χ1v) is 9.42. The molecule has 0 spiro atoms. The molecule has 2 aromatic carbocycles. The van der Waals surface area contributed by atoms with Gasteiger partial charge in [0.15, 0.2) is 5.82 Å². The summed E-state index contributed by atoms with van der Waals surface area (Å²) in [5.74, 6) is 1.10. The Morgan fingerprint density at radius 1 is 1.04 bits per heavy atom. The van der Waals surface area contributed by atoms with Crippen molar-refractivity contribution in [2.45, 2.75) is 26.7 Å². The number of rotatable bonds is 3. The second-order valence-corrected chi connectivity index (χ2v) is 7.70. The van der Waals surface area contributed by atoms with Gasteiger partial charge in [0.1, 0.15) is 0 Å². The molecule has 130 valence electrons. The second-order valence-electron chi connectivity index (χ2n) is 6.69. The van der Waals surface area contributed by atoms with Gasteiger partial charge in [-0.2, -0.15) is 0 Å². The lowest BCUT2D eigenvalue weighted by atomic mass is 10.0. The van der Waals surface area contributed by atoms with Crippen LogP contribution < -0.4 is 10.1 Å². The third-order valence-electron chi connectivity index (χ3n) is 4.54. The molecular formula is C21H19N3OS. The number of benzene rings is 2. The van der Waals surface area contributed by atoms with Gasteiger partial charge in [-0.25, -0.2) is 4.40 Å². The lowest BCUT2D eigenvalue weighted by Crippen LogP contribution is -2.23. The van der Waals surface area contributed by atoms with Crippen LogP contribution in [0.1, 0.15) is 36.5 Å². The van der Waals surface area contributed by atoms with E-state index in [1.165, 1.54) is 16.9 Å². The summed E-state index contributed by atoms with van der Waals surface area (Å²) >= 11 is 1.37. The monoisotopic (exact) mass is 361 g/mol. The third-order valence-corrected chi connectivity index (χ3v) is 5.49. The van der Waals surface area contributed by atoms with Gasteiger partial charge < -0.3 is 0 Å². The van der Waals surface area contributed by atoms with E-state index in [4.69, 9.17) is 0 Å². The van der Waals surface area contributed by atoms with Crippen molar-refractivity contribution in [2.75, 3.05) is 0 Å². The average molecular weight is 361 g/mol. The largest absolute Gasteiger partial charge is 0.276 e. The molecule has 0 aliphatic heterocycles. The molecule has 0 amide bonds. The smallest absolute Gasteiger partial charge is 0.267 e. The van der Waals surface area contributed by atoms with Crippen molar-refractivity contribution in [1.82, 2.24) is 14.6 Å². The van der Waals surface area contributed by atoms with Crippen LogP contribution in [0.5, 0.6) is 0 Å². The highest BCUT2D eigenvalue weighted by Crippen LogP contribution is 2.21. The maximum absolute atomic E-state index is 12.9. The molecular weight excluding hydrogens is 342 g/mol. The number of hydrogen-bond donors (Lipinski definition) is 0. The minimum atomic E-state index is -0.0683. The van der Waals surface area contributed by atoms with Crippen molar-refractivity contribution in [3.8, 4) is 11.4 Å². The summed E-state index contributed by atoms with van der Waals surface area (Å²) in [6, 6.07) is 16.2. The zero-order chi connectivity index (χ0) is 18.3. The number of fused-ring (bicyclic) bond motifs is 1. The van der Waals surface area contributed by atoms with Crippen LogP contribution in [0, 0.1) is 6.92 Å². The van der Waals surface area contributed by atoms with Gasteiger partial charge >= 0.3 is 0 Å². The first-order chi connectivity index (χ1) is 12.5. The average Bonchev–Trinajstić information content (AvgIpc) is 3.17. The number of aromatic nitrogens is 3. The molecule has 0 aliphatic rings. The maximum Gasteiger partial charge on any atom is 0.276 e. The highest BCUT2D eigenvalue weighted by molar-refractivity contribution is 7.15. The zero-order valence-corrected chi connectivity index (χ0v) is 15.7. The molecule has 2 aromatic heterocycles. The van der Waals surface area contributed by atoms with Crippen LogP contribution in [-0.4, -0.2) is 14.6 Å². The Hall–Kier alpha value is -2.79. The second kappa shape index (κ2) is 6.50. The van der Waals surface area contributed by atoms with E-state index in [2.05, 4.69) is 48.3 Å². The SMILES string of the molecule is Cc1ccccc1-c1nnc2s/c(=C/c3ccc(C(C)C)cc3)c(=O)n12. The molecule has 4 aromatic rings. The summed E-state index contributed by atoms with van der Waals surface area (Å²) in [5, 5.41) is 8.44. The van der Waals surface area contributed by atoms with Crippen LogP contribution in [-0.2, 0) is 0 Å². The van der Waals surface area contributed by atoms with E-state index in [1.54, 1.807) is 4.40 Å². The molecule has 0 saturated heterocycles. The Morgan fingerprint density at radius 2 is 1.77 bits per heavy atom. The van der Waals surface area contributed by atoms with Gasteiger partial charge in [-0.15, -0.1) is 10.2 Å². The van der Waals surface area contributed by atoms with Gasteiger partial charge in [-0.05, 0) is 35.6 Å². The molecule has 0 saturated carbocycles. The van der Waals surface area contributed by atoms with Gasteiger partial charge in [0, 0.05) is 5.56 Å². The fraction of sp³-hybridized carbons (Fsp3) is 0.190. The van der Waals surface area contributed by atoms with Crippen LogP contribution in [0.4, 0.5) is 0 Å². The first-order valence-electron chi connectivity index (χ1n) is 8.60. The Balaban J connectivity index is 1.85. The molecule has 0 radical (unpaired) electrons. The molecule has 0 aliphatic carbocycles. The molecule has 0 unspecified atom stereocenters. The van der Waals surface area contributed by atoms with E-state index in [9.17, 15) is 4.79 Å². The minimum absolute atomic E-state index is 0.0683. The molecule has 26 heavy (non-hydrogen) atoms. The molecule has 0 atom stereocenters. The molecule has 4 rings (SSSR count). The topological polar surface area (TPSA) is 47.3 Å². The Morgan fingerprint density at radius 3 is 2.46 bits per heavy atom. The molecule has 0 bridgehead atoms. The van der Waals surface area contributed by atoms with Crippen molar-refractivity contribution in [2.24, 2.45) is 0 Å². The Bertz CT molecular complexity index is 1190. The van der Waals surface area contributed by atoms with E-state index in [-0.39, 0.29) is 5.56 Å². The van der Waals surface area contributed by atoms with E-state index in [0.29, 0.717) is 21.2 Å². The van der Waals surface area contributed by atoms with Gasteiger partial charge in [0.25, 0.3) is 5.56 Å². The normalized spacial score (nSPS) is 12.4. The summed E-state index contributed by atoms with van der Waals surface area (Å²) in [6.07, 6.45) is 1.92. The Kier molecular flexibility index (Phi) is 4.17. The number of hydrogen-bond acceptors (Lipinski definition) is 4. The quantitative estimate of drug-likeness (QED) is 0.558. The van der Waals surface area contributed by atoms with E-state index in [0.717, 1.165) is 16.7 Å². The third kappa shape index (κ3) is 2.84. The number of nitrogens with zero attached hydrogens (tertiary/aromatic N) is 3. The van der Waals surface area contributed by atoms with Gasteiger partial charge in [0.05, 0.1) is 4.53 Å². The summed E-state index contributed by atoms with van der Waals surface area (Å²) in [6.45, 7) is 6.35. The van der Waals surface area contributed by atoms with Crippen molar-refractivity contribution < 1.29 is 0 Å². The number of thiazole rings is 1. The number of aryl methyl sites for hydroxylation is 1. The standard InChI is InChI=1S/C21H19N3OS/c1-13(2)16-10-8-15(9-11-16)12-18-20(25)24-19(22-23-21(24)26-18)17-7-5-4-6-14(17)3/h4-13H,1-3H3/b18-12+. The first kappa shape index (κ1) is 16.7. The molecule has 2 heterocycles. The van der Waals surface area contributed by atoms with Crippen molar-refractivity contribution in [3.05, 3.63) is 80.1 Å². The van der Waals surface area contributed by atoms with Crippen LogP contribution >= 0.6 is 11.3 Å². The summed E-state index contributed by atoms with van der Waals surface area (Å²) in [7, 11) is 0. The minimum Gasteiger partial charge on any atom is -0.267 e. The fourth-order valence-electron chi connectivity index (χ4n) is 2.99. The van der Waals surface area contributed by atoms with Gasteiger partial charge in [0.2, 0.25) is 4.96 Å². The highest BCUT2D eigenvalue weighted by Gasteiger charge is 2.15. The van der Waals surface area contributed by atoms with Crippen LogP contribution in [0.3, 0.4) is 0 Å². The van der Waals surface area contributed by atoms with Crippen LogP contribution in [0.2, 0.25) is 0 Å². The molecule has 0 N–H and O–H groups in total. The zero-order valence-electron chi connectivity index (χ0n) is 14.9. The fourth-order valence-corrected chi connectivity index (χ4v) is 3.90. The maximum atomic E-state index is 12.9. The Labute approximate surface area is 155 Å². The van der Waals surface area contributed by atoms with Crippen LogP contribution in [0.25, 0.3) is 22.4 Å². The predicted molar refractivity (Wildman–Crippen MR) is 107 cm³/mol.